The largest absolute Gasteiger partial charge is 0.331 e. The Hall–Kier alpha value is -1.36. The van der Waals surface area contributed by atoms with Crippen LogP contribution in [0.2, 0.25) is 0 Å². The van der Waals surface area contributed by atoms with Gasteiger partial charge in [-0.05, 0) is 53.0 Å². The monoisotopic (exact) mass is 304 g/mol. The van der Waals surface area contributed by atoms with Gasteiger partial charge in [-0.25, -0.2) is 0 Å². The summed E-state index contributed by atoms with van der Waals surface area (Å²) in [4.78, 5) is 15.3. The first-order chi connectivity index (χ1) is 10.4. The van der Waals surface area contributed by atoms with Gasteiger partial charge < -0.3 is 10.2 Å². The van der Waals surface area contributed by atoms with E-state index in [1.165, 1.54) is 0 Å². The standard InChI is InChI=1S/C17H28N4O/c1-5-15-14(11-19-21(15)17(2,3)4)16(22)20-12-6-7-13(20)10-18-9-8-12/h11-13,18H,5-10H2,1-4H3. The zero-order chi connectivity index (χ0) is 15.9. The van der Waals surface area contributed by atoms with Crippen molar-refractivity contribution < 1.29 is 4.79 Å². The van der Waals surface area contributed by atoms with Crippen molar-refractivity contribution in [2.24, 2.45) is 0 Å². The molecule has 2 bridgehead atoms. The number of rotatable bonds is 2. The number of amides is 1. The summed E-state index contributed by atoms with van der Waals surface area (Å²) < 4.78 is 2.01. The molecule has 0 spiro atoms. The molecule has 1 N–H and O–H groups in total. The average Bonchev–Trinajstić information content (AvgIpc) is 2.97. The van der Waals surface area contributed by atoms with Crippen molar-refractivity contribution in [3.8, 4) is 0 Å². The Bertz CT molecular complexity index is 543. The normalized spacial score (nSPS) is 25.4. The highest BCUT2D eigenvalue weighted by molar-refractivity contribution is 5.95. The summed E-state index contributed by atoms with van der Waals surface area (Å²) in [5.41, 5.74) is 1.77. The Morgan fingerprint density at radius 3 is 2.73 bits per heavy atom. The van der Waals surface area contributed by atoms with E-state index in [0.29, 0.717) is 12.1 Å². The highest BCUT2D eigenvalue weighted by Gasteiger charge is 2.39. The summed E-state index contributed by atoms with van der Waals surface area (Å²) >= 11 is 0. The quantitative estimate of drug-likeness (QED) is 0.911. The SMILES string of the molecule is CCc1c(C(=O)N2C3CCNCC2CC3)cnn1C(C)(C)C. The van der Waals surface area contributed by atoms with Crippen LogP contribution in [0.3, 0.4) is 0 Å². The van der Waals surface area contributed by atoms with E-state index in [0.717, 1.165) is 50.0 Å². The Labute approximate surface area is 133 Å². The van der Waals surface area contributed by atoms with E-state index in [1.807, 2.05) is 4.68 Å². The van der Waals surface area contributed by atoms with Gasteiger partial charge in [-0.2, -0.15) is 5.10 Å². The van der Waals surface area contributed by atoms with Crippen molar-refractivity contribution in [2.45, 2.75) is 71.0 Å². The van der Waals surface area contributed by atoms with Crippen LogP contribution in [0.5, 0.6) is 0 Å². The summed E-state index contributed by atoms with van der Waals surface area (Å²) in [6.07, 6.45) is 5.95. The molecule has 1 aromatic rings. The molecular weight excluding hydrogens is 276 g/mol. The van der Waals surface area contributed by atoms with Crippen LogP contribution < -0.4 is 5.32 Å². The van der Waals surface area contributed by atoms with Crippen molar-refractivity contribution in [1.29, 1.82) is 0 Å². The Morgan fingerprint density at radius 2 is 2.05 bits per heavy atom. The minimum atomic E-state index is -0.0940. The minimum absolute atomic E-state index is 0.0940. The third-order valence-corrected chi connectivity index (χ3v) is 4.96. The van der Waals surface area contributed by atoms with Crippen molar-refractivity contribution in [3.05, 3.63) is 17.5 Å². The van der Waals surface area contributed by atoms with Crippen LogP contribution >= 0.6 is 0 Å². The maximum Gasteiger partial charge on any atom is 0.257 e. The fourth-order valence-corrected chi connectivity index (χ4v) is 3.92. The molecule has 2 aliphatic rings. The zero-order valence-electron chi connectivity index (χ0n) is 14.2. The Morgan fingerprint density at radius 1 is 1.32 bits per heavy atom. The van der Waals surface area contributed by atoms with Gasteiger partial charge in [-0.15, -0.1) is 0 Å². The lowest BCUT2D eigenvalue weighted by Gasteiger charge is -2.28. The van der Waals surface area contributed by atoms with Gasteiger partial charge in [0.2, 0.25) is 0 Å². The molecular formula is C17H28N4O. The Balaban J connectivity index is 1.94. The molecule has 0 aromatic carbocycles. The molecule has 0 radical (unpaired) electrons. The second-order valence-electron chi connectivity index (χ2n) is 7.53. The van der Waals surface area contributed by atoms with Crippen LogP contribution in [0, 0.1) is 0 Å². The third kappa shape index (κ3) is 2.56. The van der Waals surface area contributed by atoms with Crippen LogP contribution in [-0.2, 0) is 12.0 Å². The van der Waals surface area contributed by atoms with Crippen LogP contribution in [0.1, 0.15) is 63.0 Å². The number of hydrogen-bond donors (Lipinski definition) is 1. The molecule has 2 saturated heterocycles. The molecule has 3 rings (SSSR count). The zero-order valence-corrected chi connectivity index (χ0v) is 14.2. The molecule has 2 fully saturated rings. The first-order valence-corrected chi connectivity index (χ1v) is 8.54. The molecule has 0 saturated carbocycles. The third-order valence-electron chi connectivity index (χ3n) is 4.96. The van der Waals surface area contributed by atoms with E-state index in [4.69, 9.17) is 0 Å². The molecule has 1 aromatic heterocycles. The van der Waals surface area contributed by atoms with Gasteiger partial charge in [0.15, 0.2) is 0 Å². The van der Waals surface area contributed by atoms with E-state index in [1.54, 1.807) is 6.20 Å². The summed E-state index contributed by atoms with van der Waals surface area (Å²) in [5.74, 6) is 0.184. The predicted octanol–water partition coefficient (Wildman–Crippen LogP) is 2.17. The smallest absolute Gasteiger partial charge is 0.257 e. The summed E-state index contributed by atoms with van der Waals surface area (Å²) in [5, 5.41) is 7.98. The van der Waals surface area contributed by atoms with Crippen molar-refractivity contribution in [1.82, 2.24) is 20.0 Å². The first-order valence-electron chi connectivity index (χ1n) is 8.54. The maximum absolute atomic E-state index is 13.2. The van der Waals surface area contributed by atoms with Gasteiger partial charge in [-0.1, -0.05) is 6.92 Å². The second kappa shape index (κ2) is 5.69. The molecule has 2 aliphatic heterocycles. The topological polar surface area (TPSA) is 50.2 Å². The lowest BCUT2D eigenvalue weighted by molar-refractivity contribution is 0.0679. The molecule has 2 atom stereocenters. The number of aromatic nitrogens is 2. The van der Waals surface area contributed by atoms with Crippen LogP contribution in [0.15, 0.2) is 6.20 Å². The fourth-order valence-electron chi connectivity index (χ4n) is 3.92. The van der Waals surface area contributed by atoms with Gasteiger partial charge in [0.1, 0.15) is 0 Å². The molecule has 5 heteroatoms. The lowest BCUT2D eigenvalue weighted by atomic mass is 10.1. The van der Waals surface area contributed by atoms with Gasteiger partial charge in [0, 0.05) is 18.6 Å². The number of fused-ring (bicyclic) bond motifs is 2. The molecule has 3 heterocycles. The lowest BCUT2D eigenvalue weighted by Crippen LogP contribution is -2.42. The van der Waals surface area contributed by atoms with Crippen LogP contribution in [0.25, 0.3) is 0 Å². The number of carbonyl (C=O) groups excluding carboxylic acids is 1. The summed E-state index contributed by atoms with van der Waals surface area (Å²) in [6, 6.07) is 0.748. The average molecular weight is 304 g/mol. The molecule has 22 heavy (non-hydrogen) atoms. The fraction of sp³-hybridized carbons (Fsp3) is 0.765. The van der Waals surface area contributed by atoms with E-state index in [9.17, 15) is 4.79 Å². The van der Waals surface area contributed by atoms with Crippen molar-refractivity contribution >= 4 is 5.91 Å². The van der Waals surface area contributed by atoms with Crippen LogP contribution in [0.4, 0.5) is 0 Å². The van der Waals surface area contributed by atoms with Gasteiger partial charge in [-0.3, -0.25) is 9.48 Å². The summed E-state index contributed by atoms with van der Waals surface area (Å²) in [7, 11) is 0. The highest BCUT2D eigenvalue weighted by Crippen LogP contribution is 2.31. The number of hydrogen-bond acceptors (Lipinski definition) is 3. The van der Waals surface area contributed by atoms with E-state index in [2.05, 4.69) is 43.0 Å². The van der Waals surface area contributed by atoms with Gasteiger partial charge in [0.05, 0.1) is 23.0 Å². The van der Waals surface area contributed by atoms with E-state index >= 15 is 0 Å². The van der Waals surface area contributed by atoms with E-state index < -0.39 is 0 Å². The van der Waals surface area contributed by atoms with Crippen molar-refractivity contribution in [3.63, 3.8) is 0 Å². The number of carbonyl (C=O) groups is 1. The first kappa shape index (κ1) is 15.5. The number of nitrogens with one attached hydrogen (secondary N) is 1. The predicted molar refractivity (Wildman–Crippen MR) is 87.1 cm³/mol. The van der Waals surface area contributed by atoms with Gasteiger partial charge >= 0.3 is 0 Å². The molecule has 0 aliphatic carbocycles. The van der Waals surface area contributed by atoms with Crippen LogP contribution in [-0.4, -0.2) is 45.8 Å². The van der Waals surface area contributed by atoms with Crippen molar-refractivity contribution in [2.75, 3.05) is 13.1 Å². The maximum atomic E-state index is 13.2. The highest BCUT2D eigenvalue weighted by atomic mass is 16.2. The van der Waals surface area contributed by atoms with Gasteiger partial charge in [0.25, 0.3) is 5.91 Å². The molecule has 5 nitrogen and oxygen atoms in total. The van der Waals surface area contributed by atoms with E-state index in [-0.39, 0.29) is 11.4 Å². The number of nitrogens with zero attached hydrogens (tertiary/aromatic N) is 3. The molecule has 2 unspecified atom stereocenters. The molecule has 122 valence electrons. The molecule has 1 amide bonds. The second-order valence-corrected chi connectivity index (χ2v) is 7.53. The summed E-state index contributed by atoms with van der Waals surface area (Å²) in [6.45, 7) is 10.4. The Kier molecular flexibility index (Phi) is 4.02. The minimum Gasteiger partial charge on any atom is -0.331 e.